The SMILES string of the molecule is C[C@H](NC(=O)Cc1cc(F)cc(F)c1)C(=O)NC(C(=O)NCC1CN(c2ccccc2)CCO1)c1ccccc1. The summed E-state index contributed by atoms with van der Waals surface area (Å²) in [5, 5.41) is 8.11. The molecule has 10 heteroatoms. The molecule has 3 aromatic carbocycles. The molecular formula is C30H32F2N4O4. The van der Waals surface area contributed by atoms with E-state index in [1.165, 1.54) is 6.92 Å². The Balaban J connectivity index is 1.35. The Labute approximate surface area is 231 Å². The number of benzene rings is 3. The third-order valence-corrected chi connectivity index (χ3v) is 6.50. The molecule has 1 saturated heterocycles. The summed E-state index contributed by atoms with van der Waals surface area (Å²) in [4.78, 5) is 40.9. The van der Waals surface area contributed by atoms with E-state index in [-0.39, 0.29) is 24.6 Å². The molecule has 210 valence electrons. The highest BCUT2D eigenvalue weighted by atomic mass is 19.1. The van der Waals surface area contributed by atoms with Crippen molar-refractivity contribution in [2.75, 3.05) is 31.1 Å². The summed E-state index contributed by atoms with van der Waals surface area (Å²) in [6.07, 6.45) is -0.549. The Morgan fingerprint density at radius 2 is 1.57 bits per heavy atom. The number of para-hydroxylation sites is 1. The van der Waals surface area contributed by atoms with Gasteiger partial charge in [-0.15, -0.1) is 0 Å². The van der Waals surface area contributed by atoms with E-state index in [0.717, 1.165) is 24.4 Å². The lowest BCUT2D eigenvalue weighted by atomic mass is 10.1. The Kier molecular flexibility index (Phi) is 9.80. The monoisotopic (exact) mass is 550 g/mol. The van der Waals surface area contributed by atoms with Gasteiger partial charge in [-0.05, 0) is 42.3 Å². The molecule has 1 aliphatic rings. The fraction of sp³-hybridized carbons (Fsp3) is 0.300. The number of rotatable bonds is 10. The second-order valence-corrected chi connectivity index (χ2v) is 9.62. The highest BCUT2D eigenvalue weighted by Crippen LogP contribution is 2.18. The number of hydrogen-bond acceptors (Lipinski definition) is 5. The first-order valence-electron chi connectivity index (χ1n) is 13.1. The van der Waals surface area contributed by atoms with E-state index in [4.69, 9.17) is 4.74 Å². The van der Waals surface area contributed by atoms with Crippen molar-refractivity contribution in [1.82, 2.24) is 16.0 Å². The fourth-order valence-corrected chi connectivity index (χ4v) is 4.50. The van der Waals surface area contributed by atoms with E-state index < -0.39 is 41.4 Å². The summed E-state index contributed by atoms with van der Waals surface area (Å²) < 4.78 is 32.7. The first-order chi connectivity index (χ1) is 19.3. The molecule has 0 bridgehead atoms. The normalized spacial score (nSPS) is 16.5. The van der Waals surface area contributed by atoms with Crippen LogP contribution >= 0.6 is 0 Å². The van der Waals surface area contributed by atoms with Crippen molar-refractivity contribution in [2.45, 2.75) is 31.5 Å². The van der Waals surface area contributed by atoms with Gasteiger partial charge in [-0.25, -0.2) is 8.78 Å². The van der Waals surface area contributed by atoms with E-state index >= 15 is 0 Å². The second kappa shape index (κ2) is 13.7. The van der Waals surface area contributed by atoms with Gasteiger partial charge in [-0.1, -0.05) is 48.5 Å². The number of amides is 3. The smallest absolute Gasteiger partial charge is 0.247 e. The van der Waals surface area contributed by atoms with Gasteiger partial charge in [-0.2, -0.15) is 0 Å². The van der Waals surface area contributed by atoms with Gasteiger partial charge in [0.2, 0.25) is 17.7 Å². The number of halogens is 2. The quantitative estimate of drug-likeness (QED) is 0.361. The van der Waals surface area contributed by atoms with Gasteiger partial charge in [0, 0.05) is 31.4 Å². The molecule has 3 atom stereocenters. The Hall–Kier alpha value is -4.31. The van der Waals surface area contributed by atoms with Crippen molar-refractivity contribution in [1.29, 1.82) is 0 Å². The molecule has 0 spiro atoms. The van der Waals surface area contributed by atoms with Crippen LogP contribution < -0.4 is 20.9 Å². The summed E-state index contributed by atoms with van der Waals surface area (Å²) in [6, 6.07) is 19.5. The van der Waals surface area contributed by atoms with Crippen molar-refractivity contribution in [3.63, 3.8) is 0 Å². The van der Waals surface area contributed by atoms with Crippen molar-refractivity contribution in [2.24, 2.45) is 0 Å². The van der Waals surface area contributed by atoms with Crippen LogP contribution in [0.4, 0.5) is 14.5 Å². The minimum atomic E-state index is -1.01. The van der Waals surface area contributed by atoms with Gasteiger partial charge in [0.15, 0.2) is 0 Å². The number of carbonyl (C=O) groups excluding carboxylic acids is 3. The first-order valence-corrected chi connectivity index (χ1v) is 13.1. The first kappa shape index (κ1) is 28.7. The second-order valence-electron chi connectivity index (χ2n) is 9.62. The molecule has 0 aromatic heterocycles. The van der Waals surface area contributed by atoms with E-state index in [1.54, 1.807) is 30.3 Å². The summed E-state index contributed by atoms with van der Waals surface area (Å²) in [5.41, 5.74) is 1.78. The van der Waals surface area contributed by atoms with E-state index in [0.29, 0.717) is 24.8 Å². The minimum Gasteiger partial charge on any atom is -0.373 e. The van der Waals surface area contributed by atoms with Crippen LogP contribution in [-0.4, -0.2) is 56.1 Å². The van der Waals surface area contributed by atoms with Crippen LogP contribution in [0.2, 0.25) is 0 Å². The largest absolute Gasteiger partial charge is 0.373 e. The number of nitrogens with zero attached hydrogens (tertiary/aromatic N) is 1. The van der Waals surface area contributed by atoms with Crippen molar-refractivity contribution in [3.05, 3.63) is 102 Å². The molecule has 2 unspecified atom stereocenters. The Morgan fingerprint density at radius 3 is 2.25 bits per heavy atom. The highest BCUT2D eigenvalue weighted by molar-refractivity contribution is 5.92. The van der Waals surface area contributed by atoms with Gasteiger partial charge in [-0.3, -0.25) is 14.4 Å². The van der Waals surface area contributed by atoms with Crippen molar-refractivity contribution >= 4 is 23.4 Å². The zero-order valence-corrected chi connectivity index (χ0v) is 22.1. The molecular weight excluding hydrogens is 518 g/mol. The van der Waals surface area contributed by atoms with Crippen LogP contribution in [0, 0.1) is 11.6 Å². The molecule has 0 aliphatic carbocycles. The highest BCUT2D eigenvalue weighted by Gasteiger charge is 2.27. The average Bonchev–Trinajstić information content (AvgIpc) is 2.95. The van der Waals surface area contributed by atoms with Crippen LogP contribution in [0.5, 0.6) is 0 Å². The number of nitrogens with one attached hydrogen (secondary N) is 3. The zero-order chi connectivity index (χ0) is 28.5. The van der Waals surface area contributed by atoms with Crippen LogP contribution in [0.1, 0.15) is 24.1 Å². The standard InChI is InChI=1S/C30H32F2N4O4/c1-20(34-27(37)16-21-14-23(31)17-24(32)15-21)29(38)35-28(22-8-4-2-5-9-22)30(39)33-18-26-19-36(12-13-40-26)25-10-6-3-7-11-25/h2-11,14-15,17,20,26,28H,12-13,16,18-19H2,1H3,(H,33,39)(H,34,37)(H,35,38)/t20-,26?,28?/m0/s1. The molecule has 1 aliphatic heterocycles. The summed E-state index contributed by atoms with van der Waals surface area (Å²) in [7, 11) is 0. The van der Waals surface area contributed by atoms with Crippen LogP contribution in [-0.2, 0) is 25.5 Å². The maximum atomic E-state index is 13.4. The molecule has 4 rings (SSSR count). The van der Waals surface area contributed by atoms with Gasteiger partial charge < -0.3 is 25.6 Å². The predicted octanol–water partition coefficient (Wildman–Crippen LogP) is 2.89. The summed E-state index contributed by atoms with van der Waals surface area (Å²) in [5.74, 6) is -3.19. The fourth-order valence-electron chi connectivity index (χ4n) is 4.50. The van der Waals surface area contributed by atoms with E-state index in [2.05, 4.69) is 20.9 Å². The number of carbonyl (C=O) groups is 3. The topological polar surface area (TPSA) is 99.8 Å². The van der Waals surface area contributed by atoms with E-state index in [1.807, 2.05) is 30.3 Å². The zero-order valence-electron chi connectivity index (χ0n) is 22.1. The molecule has 1 heterocycles. The van der Waals surface area contributed by atoms with Crippen molar-refractivity contribution in [3.8, 4) is 0 Å². The number of ether oxygens (including phenoxy) is 1. The van der Waals surface area contributed by atoms with Crippen molar-refractivity contribution < 1.29 is 27.9 Å². The molecule has 1 fully saturated rings. The molecule has 3 aromatic rings. The molecule has 40 heavy (non-hydrogen) atoms. The van der Waals surface area contributed by atoms with Crippen LogP contribution in [0.3, 0.4) is 0 Å². The van der Waals surface area contributed by atoms with E-state index in [9.17, 15) is 23.2 Å². The Morgan fingerprint density at radius 1 is 0.925 bits per heavy atom. The number of morpholine rings is 1. The number of hydrogen-bond donors (Lipinski definition) is 3. The van der Waals surface area contributed by atoms with Gasteiger partial charge >= 0.3 is 0 Å². The third-order valence-electron chi connectivity index (χ3n) is 6.50. The van der Waals surface area contributed by atoms with Gasteiger partial charge in [0.25, 0.3) is 0 Å². The molecule has 3 amide bonds. The lowest BCUT2D eigenvalue weighted by molar-refractivity contribution is -0.132. The molecule has 8 nitrogen and oxygen atoms in total. The van der Waals surface area contributed by atoms with Crippen LogP contribution in [0.15, 0.2) is 78.9 Å². The lowest BCUT2D eigenvalue weighted by Crippen LogP contribution is -2.51. The van der Waals surface area contributed by atoms with Crippen LogP contribution in [0.25, 0.3) is 0 Å². The average molecular weight is 551 g/mol. The molecule has 0 saturated carbocycles. The Bertz CT molecular complexity index is 1290. The maximum absolute atomic E-state index is 13.4. The maximum Gasteiger partial charge on any atom is 0.247 e. The molecule has 0 radical (unpaired) electrons. The summed E-state index contributed by atoms with van der Waals surface area (Å²) in [6.45, 7) is 3.58. The predicted molar refractivity (Wildman–Crippen MR) is 146 cm³/mol. The van der Waals surface area contributed by atoms with Gasteiger partial charge in [0.05, 0.1) is 19.1 Å². The molecule has 3 N–H and O–H groups in total. The summed E-state index contributed by atoms with van der Waals surface area (Å²) >= 11 is 0. The lowest BCUT2D eigenvalue weighted by Gasteiger charge is -2.34. The third kappa shape index (κ3) is 8.09. The van der Waals surface area contributed by atoms with Gasteiger partial charge in [0.1, 0.15) is 23.7 Å². The minimum absolute atomic E-state index is 0.139. The number of anilines is 1.